The second kappa shape index (κ2) is 9.97. The van der Waals surface area contributed by atoms with Crippen LogP contribution in [-0.2, 0) is 35.8 Å². The molecule has 0 saturated carbocycles. The molecule has 1 unspecified atom stereocenters. The molecule has 1 aromatic carbocycles. The summed E-state index contributed by atoms with van der Waals surface area (Å²) >= 11 is 2.01. The van der Waals surface area contributed by atoms with Crippen LogP contribution in [0.1, 0.15) is 24.8 Å². The molecular weight excluding hydrogens is 546 g/mol. The normalized spacial score (nSPS) is 13.6. The first-order valence-corrected chi connectivity index (χ1v) is 10.2. The first-order valence-electron chi connectivity index (χ1n) is 7.66. The van der Waals surface area contributed by atoms with Crippen molar-refractivity contribution in [3.63, 3.8) is 0 Å². The lowest BCUT2D eigenvalue weighted by atomic mass is 10.2. The second-order valence-corrected chi connectivity index (χ2v) is 8.21. The number of carbonyl (C=O) groups excluding carboxylic acids is 2. The predicted molar refractivity (Wildman–Crippen MR) is 95.2 cm³/mol. The number of ether oxygens (including phenoxy) is 2. The molecule has 0 aliphatic heterocycles. The zero-order valence-corrected chi connectivity index (χ0v) is 17.3. The zero-order chi connectivity index (χ0) is 22.5. The molecule has 0 aliphatic carbocycles. The Morgan fingerprint density at radius 3 is 2.14 bits per heavy atom. The monoisotopic (exact) mass is 560 g/mol. The van der Waals surface area contributed by atoms with Gasteiger partial charge in [0.05, 0.1) is 0 Å². The van der Waals surface area contributed by atoms with Gasteiger partial charge in [0, 0.05) is 22.0 Å². The second-order valence-electron chi connectivity index (χ2n) is 5.55. The van der Waals surface area contributed by atoms with E-state index in [1.54, 1.807) is 24.3 Å². The van der Waals surface area contributed by atoms with Gasteiger partial charge in [0.15, 0.2) is 0 Å². The molecule has 0 amide bonds. The molecule has 0 aromatic heterocycles. The van der Waals surface area contributed by atoms with E-state index >= 15 is 0 Å². The van der Waals surface area contributed by atoms with Gasteiger partial charge < -0.3 is 9.47 Å². The molecule has 164 valence electrons. The van der Waals surface area contributed by atoms with E-state index in [9.17, 15) is 40.0 Å². The molecule has 7 nitrogen and oxygen atoms in total. The Labute approximate surface area is 175 Å². The van der Waals surface area contributed by atoms with E-state index in [-0.39, 0.29) is 6.61 Å². The molecule has 1 rings (SSSR count). The Bertz CT molecular complexity index is 842. The summed E-state index contributed by atoms with van der Waals surface area (Å²) in [6.07, 6.45) is -12.1. The minimum absolute atomic E-state index is 0.0842. The highest BCUT2D eigenvalue weighted by atomic mass is 127. The first kappa shape index (κ1) is 25.5. The minimum Gasteiger partial charge on any atom is -0.461 e. The molecule has 0 saturated heterocycles. The Morgan fingerprint density at radius 1 is 1.07 bits per heavy atom. The third-order valence-corrected chi connectivity index (χ3v) is 5.26. The number of carbonyl (C=O) groups is 2. The summed E-state index contributed by atoms with van der Waals surface area (Å²) in [4.78, 5) is 23.0. The number of esters is 2. The summed E-state index contributed by atoms with van der Waals surface area (Å²) in [5.74, 6) is -2.63. The van der Waals surface area contributed by atoms with Crippen LogP contribution in [0.2, 0.25) is 0 Å². The molecule has 14 heteroatoms. The van der Waals surface area contributed by atoms with Crippen molar-refractivity contribution in [2.45, 2.75) is 43.4 Å². The van der Waals surface area contributed by atoms with Crippen molar-refractivity contribution in [1.82, 2.24) is 0 Å². The maximum atomic E-state index is 13.3. The van der Waals surface area contributed by atoms with E-state index in [0.717, 1.165) is 3.57 Å². The Balaban J connectivity index is 2.56. The van der Waals surface area contributed by atoms with E-state index in [4.69, 9.17) is 9.29 Å². The van der Waals surface area contributed by atoms with Crippen LogP contribution in [-0.4, -0.2) is 42.4 Å². The quantitative estimate of drug-likeness (QED) is 0.214. The molecule has 1 atom stereocenters. The van der Waals surface area contributed by atoms with Gasteiger partial charge >= 0.3 is 33.5 Å². The van der Waals surface area contributed by atoms with Crippen molar-refractivity contribution in [2.75, 3.05) is 0 Å². The van der Waals surface area contributed by atoms with Gasteiger partial charge in [-0.3, -0.25) is 14.1 Å². The van der Waals surface area contributed by atoms with Gasteiger partial charge in [-0.05, 0) is 35.1 Å². The van der Waals surface area contributed by atoms with Crippen molar-refractivity contribution < 1.29 is 54.0 Å². The van der Waals surface area contributed by atoms with Crippen LogP contribution in [0.25, 0.3) is 0 Å². The van der Waals surface area contributed by atoms with E-state index in [1.165, 1.54) is 0 Å². The largest absolute Gasteiger partial charge is 0.461 e. The topological polar surface area (TPSA) is 107 Å². The van der Waals surface area contributed by atoms with Gasteiger partial charge in [-0.15, -0.1) is 0 Å². The number of hydrogen-bond acceptors (Lipinski definition) is 6. The fraction of sp³-hybridized carbons (Fsp3) is 0.467. The fourth-order valence-corrected chi connectivity index (χ4v) is 2.87. The van der Waals surface area contributed by atoms with E-state index < -0.39 is 58.9 Å². The third kappa shape index (κ3) is 7.65. The lowest BCUT2D eigenvalue weighted by Gasteiger charge is -2.26. The Hall–Kier alpha value is -1.55. The van der Waals surface area contributed by atoms with Crippen molar-refractivity contribution in [2.24, 2.45) is 0 Å². The summed E-state index contributed by atoms with van der Waals surface area (Å²) in [5.41, 5.74) is 0.696. The molecule has 0 radical (unpaired) electrons. The first-order chi connectivity index (χ1) is 13.2. The average Bonchev–Trinajstić information content (AvgIpc) is 2.57. The molecule has 1 aromatic rings. The molecular formula is C15H14F5IO7S. The average molecular weight is 560 g/mol. The summed E-state index contributed by atoms with van der Waals surface area (Å²) in [6.45, 7) is -0.0842. The minimum atomic E-state index is -6.51. The summed E-state index contributed by atoms with van der Waals surface area (Å²) < 4.78 is 103. The van der Waals surface area contributed by atoms with Gasteiger partial charge in [-0.2, -0.15) is 30.4 Å². The van der Waals surface area contributed by atoms with Gasteiger partial charge in [-0.25, -0.2) is 0 Å². The molecule has 0 bridgehead atoms. The lowest BCUT2D eigenvalue weighted by Crippen LogP contribution is -2.52. The lowest BCUT2D eigenvalue weighted by molar-refractivity contribution is -0.259. The van der Waals surface area contributed by atoms with Gasteiger partial charge in [0.25, 0.3) is 6.10 Å². The highest BCUT2D eigenvalue weighted by Gasteiger charge is 2.65. The molecule has 0 aliphatic rings. The number of alkyl halides is 5. The summed E-state index contributed by atoms with van der Waals surface area (Å²) in [7, 11) is -6.51. The number of rotatable bonds is 9. The zero-order valence-electron chi connectivity index (χ0n) is 14.3. The number of hydrogen-bond donors (Lipinski definition) is 1. The van der Waals surface area contributed by atoms with E-state index in [1.807, 2.05) is 22.6 Å². The SMILES string of the molecule is O=C(CCCC(=O)OC(C(F)(F)F)C(F)(F)S(=O)(=O)O)OCc1ccccc1I. The van der Waals surface area contributed by atoms with Crippen LogP contribution in [0.15, 0.2) is 24.3 Å². The fourth-order valence-electron chi connectivity index (χ4n) is 1.87. The smallest absolute Gasteiger partial charge is 0.432 e. The Kier molecular flexibility index (Phi) is 8.76. The van der Waals surface area contributed by atoms with Crippen LogP contribution < -0.4 is 0 Å². The van der Waals surface area contributed by atoms with Crippen LogP contribution in [0, 0.1) is 3.57 Å². The molecule has 0 spiro atoms. The molecule has 0 fully saturated rings. The molecule has 1 N–H and O–H groups in total. The maximum absolute atomic E-state index is 13.3. The summed E-state index contributed by atoms with van der Waals surface area (Å²) in [6, 6.07) is 6.93. The highest BCUT2D eigenvalue weighted by Crippen LogP contribution is 2.38. The highest BCUT2D eigenvalue weighted by molar-refractivity contribution is 14.1. The number of benzene rings is 1. The molecule has 29 heavy (non-hydrogen) atoms. The predicted octanol–water partition coefficient (Wildman–Crippen LogP) is 3.46. The summed E-state index contributed by atoms with van der Waals surface area (Å²) in [5, 5.41) is -5.80. The van der Waals surface area contributed by atoms with Gasteiger partial charge in [0.1, 0.15) is 6.61 Å². The van der Waals surface area contributed by atoms with E-state index in [2.05, 4.69) is 4.74 Å². The van der Waals surface area contributed by atoms with Crippen molar-refractivity contribution >= 4 is 44.6 Å². The Morgan fingerprint density at radius 2 is 1.62 bits per heavy atom. The van der Waals surface area contributed by atoms with Crippen molar-refractivity contribution in [3.05, 3.63) is 33.4 Å². The van der Waals surface area contributed by atoms with Gasteiger partial charge in [-0.1, -0.05) is 18.2 Å². The molecule has 0 heterocycles. The third-order valence-electron chi connectivity index (χ3n) is 3.30. The van der Waals surface area contributed by atoms with Crippen LogP contribution in [0.4, 0.5) is 22.0 Å². The van der Waals surface area contributed by atoms with E-state index in [0.29, 0.717) is 5.56 Å². The maximum Gasteiger partial charge on any atom is 0.432 e. The number of halogens is 6. The van der Waals surface area contributed by atoms with Crippen LogP contribution in [0.5, 0.6) is 0 Å². The van der Waals surface area contributed by atoms with Crippen LogP contribution >= 0.6 is 22.6 Å². The standard InChI is InChI=1S/C15H14F5IO7S/c16-14(17,18)13(15(19,20)29(24,25)26)28-12(23)7-3-6-11(22)27-8-9-4-1-2-5-10(9)21/h1-2,4-5,13H,3,6-8H2,(H,24,25,26). The van der Waals surface area contributed by atoms with Crippen LogP contribution in [0.3, 0.4) is 0 Å². The van der Waals surface area contributed by atoms with Crippen molar-refractivity contribution in [1.29, 1.82) is 0 Å². The van der Waals surface area contributed by atoms with Gasteiger partial charge in [0.2, 0.25) is 0 Å². The van der Waals surface area contributed by atoms with Crippen molar-refractivity contribution in [3.8, 4) is 0 Å².